The van der Waals surface area contributed by atoms with Crippen molar-refractivity contribution >= 4 is 0 Å². The monoisotopic (exact) mass is 281 g/mol. The Balaban J connectivity index is 1.87. The van der Waals surface area contributed by atoms with Gasteiger partial charge in [-0.2, -0.15) is 0 Å². The number of hydroxylamine groups is 3. The summed E-state index contributed by atoms with van der Waals surface area (Å²) in [5, 5.41) is 34.8. The van der Waals surface area contributed by atoms with E-state index in [9.17, 15) is 15.4 Å². The first kappa shape index (κ1) is 13.5. The van der Waals surface area contributed by atoms with Crippen LogP contribution < -0.4 is 0 Å². The number of hydrogen-bond acceptors (Lipinski definition) is 3. The van der Waals surface area contributed by atoms with E-state index in [1.165, 1.54) is 0 Å². The van der Waals surface area contributed by atoms with Gasteiger partial charge in [0.2, 0.25) is 0 Å². The van der Waals surface area contributed by atoms with Crippen LogP contribution in [0, 0.1) is 28.9 Å². The fourth-order valence-electron chi connectivity index (χ4n) is 6.70. The zero-order valence-corrected chi connectivity index (χ0v) is 12.4. The average Bonchev–Trinajstić information content (AvgIpc) is 2.41. The maximum absolute atomic E-state index is 13.6. The van der Waals surface area contributed by atoms with Gasteiger partial charge in [0.25, 0.3) is 0 Å². The van der Waals surface area contributed by atoms with Crippen LogP contribution in [0.2, 0.25) is 0 Å². The lowest BCUT2D eigenvalue weighted by molar-refractivity contribution is -0.958. The Kier molecular flexibility index (Phi) is 2.83. The highest BCUT2D eigenvalue weighted by Crippen LogP contribution is 2.62. The number of piperidine rings is 2. The van der Waals surface area contributed by atoms with Crippen LogP contribution in [0.1, 0.15) is 45.4 Å². The van der Waals surface area contributed by atoms with Gasteiger partial charge in [0.1, 0.15) is 5.54 Å². The van der Waals surface area contributed by atoms with Crippen molar-refractivity contribution in [1.29, 1.82) is 0 Å². The molecule has 2 bridgehead atoms. The Morgan fingerprint density at radius 1 is 1.05 bits per heavy atom. The van der Waals surface area contributed by atoms with Gasteiger partial charge in [0.05, 0.1) is 25.3 Å². The number of aliphatic hydroxyl groups is 2. The zero-order valence-electron chi connectivity index (χ0n) is 12.4. The van der Waals surface area contributed by atoms with Gasteiger partial charge in [-0.25, -0.2) is 0 Å². The van der Waals surface area contributed by atoms with Crippen LogP contribution in [0.3, 0.4) is 0 Å². The lowest BCUT2D eigenvalue weighted by atomic mass is 9.47. The average molecular weight is 281 g/mol. The molecule has 2 saturated carbocycles. The Bertz CT molecular complexity index is 401. The van der Waals surface area contributed by atoms with E-state index in [2.05, 4.69) is 6.92 Å². The fourth-order valence-corrected chi connectivity index (χ4v) is 6.70. The van der Waals surface area contributed by atoms with Crippen molar-refractivity contribution in [3.8, 4) is 0 Å². The standard InChI is InChI=1S/C16H27NO3/c1-10-8-11-12-4-2-6-17(20)7-3-5-13(15(19)14(11)18)16(12,17)9-10/h10-15,18-19H,2-9H2,1H3/t10-,11+,12+,13+,14+,15-,16+,17?/m0/s1. The van der Waals surface area contributed by atoms with E-state index in [1.54, 1.807) is 0 Å². The molecule has 2 N–H and O–H groups in total. The van der Waals surface area contributed by atoms with Crippen LogP contribution in [0.25, 0.3) is 0 Å². The quantitative estimate of drug-likeness (QED) is 0.524. The molecule has 0 aromatic heterocycles. The highest BCUT2D eigenvalue weighted by Gasteiger charge is 2.69. The predicted molar refractivity (Wildman–Crippen MR) is 75.4 cm³/mol. The van der Waals surface area contributed by atoms with Crippen LogP contribution in [0.4, 0.5) is 0 Å². The van der Waals surface area contributed by atoms with Crippen molar-refractivity contribution in [2.24, 2.45) is 23.7 Å². The van der Waals surface area contributed by atoms with Crippen LogP contribution in [0.15, 0.2) is 0 Å². The first-order valence-electron chi connectivity index (χ1n) is 8.44. The van der Waals surface area contributed by atoms with E-state index >= 15 is 0 Å². The number of aliphatic hydroxyl groups excluding tert-OH is 2. The SMILES string of the molecule is C[C@H]1C[C@H]2[C@@H](O)[C@@H](O)[C@H]3CCC[N+]4([O-])CCC[C@H]2[C@]34C1. The molecule has 0 amide bonds. The minimum absolute atomic E-state index is 0.0213. The zero-order chi connectivity index (χ0) is 14.1. The van der Waals surface area contributed by atoms with Crippen LogP contribution in [0.5, 0.6) is 0 Å². The van der Waals surface area contributed by atoms with E-state index in [1.807, 2.05) is 0 Å². The summed E-state index contributed by atoms with van der Waals surface area (Å²) in [5.74, 6) is 1.01. The summed E-state index contributed by atoms with van der Waals surface area (Å²) in [4.78, 5) is 0. The van der Waals surface area contributed by atoms with Gasteiger partial charge in [-0.15, -0.1) is 0 Å². The molecule has 2 heterocycles. The highest BCUT2D eigenvalue weighted by atomic mass is 16.6. The molecule has 114 valence electrons. The molecule has 0 aromatic rings. The molecule has 4 fully saturated rings. The largest absolute Gasteiger partial charge is 0.632 e. The van der Waals surface area contributed by atoms with E-state index in [0.717, 1.165) is 51.6 Å². The molecule has 4 nitrogen and oxygen atoms in total. The van der Waals surface area contributed by atoms with E-state index in [-0.39, 0.29) is 22.0 Å². The summed E-state index contributed by atoms with van der Waals surface area (Å²) in [6.45, 7) is 3.69. The smallest absolute Gasteiger partial charge is 0.108 e. The number of hydrogen-bond donors (Lipinski definition) is 2. The van der Waals surface area contributed by atoms with Crippen molar-refractivity contribution in [3.05, 3.63) is 5.21 Å². The van der Waals surface area contributed by atoms with Gasteiger partial charge in [-0.05, 0) is 43.9 Å². The summed E-state index contributed by atoms with van der Waals surface area (Å²) in [6.07, 6.45) is 4.58. The van der Waals surface area contributed by atoms with Crippen LogP contribution in [-0.2, 0) is 0 Å². The summed E-state index contributed by atoms with van der Waals surface area (Å²) < 4.78 is -0.0625. The Morgan fingerprint density at radius 3 is 2.40 bits per heavy atom. The number of nitrogens with zero attached hydrogens (tertiary/aromatic N) is 1. The molecule has 4 aliphatic rings. The Hall–Kier alpha value is -0.160. The van der Waals surface area contributed by atoms with Crippen molar-refractivity contribution < 1.29 is 14.9 Å². The van der Waals surface area contributed by atoms with Crippen LogP contribution in [-0.4, -0.2) is 45.7 Å². The normalized spacial score (nSPS) is 61.8. The summed E-state index contributed by atoms with van der Waals surface area (Å²) >= 11 is 0. The van der Waals surface area contributed by atoms with E-state index in [0.29, 0.717) is 11.8 Å². The Labute approximate surface area is 120 Å². The first-order chi connectivity index (χ1) is 9.49. The van der Waals surface area contributed by atoms with Gasteiger partial charge in [-0.3, -0.25) is 0 Å². The third-order valence-corrected chi connectivity index (χ3v) is 7.18. The molecule has 4 heteroatoms. The lowest BCUT2D eigenvalue weighted by Crippen LogP contribution is -2.80. The second-order valence-corrected chi connectivity index (χ2v) is 8.02. The summed E-state index contributed by atoms with van der Waals surface area (Å²) in [7, 11) is 0. The molecule has 0 aromatic carbocycles. The molecular weight excluding hydrogens is 254 g/mol. The van der Waals surface area contributed by atoms with Gasteiger partial charge in [0, 0.05) is 18.3 Å². The third kappa shape index (κ3) is 1.41. The number of rotatable bonds is 0. The lowest BCUT2D eigenvalue weighted by Gasteiger charge is -2.73. The first-order valence-corrected chi connectivity index (χ1v) is 8.44. The topological polar surface area (TPSA) is 63.5 Å². The van der Waals surface area contributed by atoms with Crippen molar-refractivity contribution in [2.75, 3.05) is 13.1 Å². The molecule has 4 rings (SSSR count). The van der Waals surface area contributed by atoms with Crippen molar-refractivity contribution in [2.45, 2.75) is 63.2 Å². The highest BCUT2D eigenvalue weighted by molar-refractivity contribution is 5.13. The molecule has 1 unspecified atom stereocenters. The molecule has 0 radical (unpaired) electrons. The van der Waals surface area contributed by atoms with E-state index < -0.39 is 12.2 Å². The van der Waals surface area contributed by atoms with Gasteiger partial charge in [-0.1, -0.05) is 6.92 Å². The van der Waals surface area contributed by atoms with E-state index in [4.69, 9.17) is 0 Å². The molecule has 2 aliphatic heterocycles. The summed E-state index contributed by atoms with van der Waals surface area (Å²) in [5.41, 5.74) is -0.280. The second-order valence-electron chi connectivity index (χ2n) is 8.02. The third-order valence-electron chi connectivity index (χ3n) is 7.18. The molecule has 2 saturated heterocycles. The minimum atomic E-state index is -0.673. The van der Waals surface area contributed by atoms with Crippen LogP contribution >= 0.6 is 0 Å². The maximum atomic E-state index is 13.6. The Morgan fingerprint density at radius 2 is 1.70 bits per heavy atom. The molecular formula is C16H27NO3. The van der Waals surface area contributed by atoms with Crippen molar-refractivity contribution in [3.63, 3.8) is 0 Å². The maximum Gasteiger partial charge on any atom is 0.108 e. The van der Waals surface area contributed by atoms with Gasteiger partial charge >= 0.3 is 0 Å². The fraction of sp³-hybridized carbons (Fsp3) is 1.00. The predicted octanol–water partition coefficient (Wildman–Crippen LogP) is 1.64. The van der Waals surface area contributed by atoms with Gasteiger partial charge < -0.3 is 20.1 Å². The number of quaternary nitrogens is 1. The molecule has 1 spiro atoms. The minimum Gasteiger partial charge on any atom is -0.632 e. The van der Waals surface area contributed by atoms with Crippen molar-refractivity contribution in [1.82, 2.24) is 0 Å². The van der Waals surface area contributed by atoms with Gasteiger partial charge in [0.15, 0.2) is 0 Å². The second kappa shape index (κ2) is 4.19. The molecule has 8 atom stereocenters. The molecule has 2 aliphatic carbocycles. The molecule has 20 heavy (non-hydrogen) atoms. The summed E-state index contributed by atoms with van der Waals surface area (Å²) in [6, 6.07) is 0.